The number of benzene rings is 1. The molecule has 156 valence electrons. The molecule has 28 heavy (non-hydrogen) atoms. The van der Waals surface area contributed by atoms with Crippen LogP contribution in [0, 0.1) is 11.8 Å². The second kappa shape index (κ2) is 9.52. The number of amides is 2. The van der Waals surface area contributed by atoms with Crippen LogP contribution < -0.4 is 19.5 Å². The van der Waals surface area contributed by atoms with Gasteiger partial charge in [0.05, 0.1) is 27.2 Å². The van der Waals surface area contributed by atoms with Gasteiger partial charge in [0.25, 0.3) is 0 Å². The van der Waals surface area contributed by atoms with E-state index in [1.54, 1.807) is 38.4 Å². The molecule has 3 unspecified atom stereocenters. The normalized spacial score (nSPS) is 20.2. The molecule has 0 spiro atoms. The summed E-state index contributed by atoms with van der Waals surface area (Å²) >= 11 is 0. The third kappa shape index (κ3) is 5.21. The van der Waals surface area contributed by atoms with E-state index in [0.717, 1.165) is 5.56 Å². The maximum absolute atomic E-state index is 12.7. The molecule has 1 aromatic carbocycles. The summed E-state index contributed by atoms with van der Waals surface area (Å²) in [7, 11) is 4.71. The van der Waals surface area contributed by atoms with Crippen molar-refractivity contribution < 1.29 is 28.9 Å². The molecule has 2 N–H and O–H groups in total. The molecule has 1 aliphatic heterocycles. The minimum Gasteiger partial charge on any atom is -0.496 e. The Balaban J connectivity index is 2.08. The number of carbonyl (C=O) groups is 2. The zero-order valence-electron chi connectivity index (χ0n) is 17.2. The molecule has 1 saturated heterocycles. The summed E-state index contributed by atoms with van der Waals surface area (Å²) in [6.07, 6.45) is 1.09. The first-order valence-electron chi connectivity index (χ1n) is 9.36. The number of carboxylic acid groups (broad SMARTS) is 1. The van der Waals surface area contributed by atoms with Crippen molar-refractivity contribution in [3.63, 3.8) is 0 Å². The summed E-state index contributed by atoms with van der Waals surface area (Å²) in [5, 5.41) is 12.3. The Labute approximate surface area is 165 Å². The molecular formula is C20H30N2O6. The average molecular weight is 394 g/mol. The molecule has 2 amide bonds. The largest absolute Gasteiger partial charge is 0.496 e. The van der Waals surface area contributed by atoms with Crippen LogP contribution >= 0.6 is 0 Å². The molecular weight excluding hydrogens is 364 g/mol. The van der Waals surface area contributed by atoms with Crippen molar-refractivity contribution in [1.82, 2.24) is 10.2 Å². The van der Waals surface area contributed by atoms with Gasteiger partial charge in [0.2, 0.25) is 0 Å². The van der Waals surface area contributed by atoms with Crippen LogP contribution in [0.4, 0.5) is 4.79 Å². The van der Waals surface area contributed by atoms with Crippen LogP contribution in [0.2, 0.25) is 0 Å². The SMILES string of the molecule is COc1cc(OC)c(CC(C)NC(=O)N2CC(C)CC(C(=O)O)C2)c(OC)c1. The molecule has 0 saturated carbocycles. The van der Waals surface area contributed by atoms with Gasteiger partial charge < -0.3 is 29.5 Å². The summed E-state index contributed by atoms with van der Waals surface area (Å²) in [6.45, 7) is 4.64. The van der Waals surface area contributed by atoms with E-state index in [-0.39, 0.29) is 24.5 Å². The second-order valence-electron chi connectivity index (χ2n) is 7.35. The fourth-order valence-electron chi connectivity index (χ4n) is 3.63. The number of hydrogen-bond acceptors (Lipinski definition) is 5. The number of nitrogens with one attached hydrogen (secondary N) is 1. The first-order valence-corrected chi connectivity index (χ1v) is 9.36. The van der Waals surface area contributed by atoms with Crippen LogP contribution in [0.5, 0.6) is 17.2 Å². The number of ether oxygens (including phenoxy) is 3. The van der Waals surface area contributed by atoms with Gasteiger partial charge in [-0.2, -0.15) is 0 Å². The summed E-state index contributed by atoms with van der Waals surface area (Å²) in [6, 6.07) is 3.09. The molecule has 1 heterocycles. The number of piperidine rings is 1. The lowest BCUT2D eigenvalue weighted by Crippen LogP contribution is -2.51. The molecule has 0 bridgehead atoms. The van der Waals surface area contributed by atoms with E-state index in [1.807, 2.05) is 13.8 Å². The number of likely N-dealkylation sites (tertiary alicyclic amines) is 1. The lowest BCUT2D eigenvalue weighted by molar-refractivity contribution is -0.143. The third-order valence-electron chi connectivity index (χ3n) is 4.99. The zero-order valence-corrected chi connectivity index (χ0v) is 17.2. The molecule has 0 radical (unpaired) electrons. The fraction of sp³-hybridized carbons (Fsp3) is 0.600. The lowest BCUT2D eigenvalue weighted by atomic mass is 9.91. The van der Waals surface area contributed by atoms with E-state index in [1.165, 1.54) is 0 Å². The van der Waals surface area contributed by atoms with Crippen LogP contribution in [-0.4, -0.2) is 62.5 Å². The van der Waals surface area contributed by atoms with Crippen molar-refractivity contribution in [1.29, 1.82) is 0 Å². The standard InChI is InChI=1S/C20H30N2O6/c1-12-6-14(19(23)24)11-22(10-12)20(25)21-13(2)7-16-17(27-4)8-15(26-3)9-18(16)28-5/h8-9,12-14H,6-7,10-11H2,1-5H3,(H,21,25)(H,23,24). The Morgan fingerprint density at radius 2 is 1.79 bits per heavy atom. The first kappa shape index (κ1) is 21.7. The zero-order chi connectivity index (χ0) is 20.8. The molecule has 2 rings (SSSR count). The highest BCUT2D eigenvalue weighted by Gasteiger charge is 2.32. The maximum atomic E-state index is 12.7. The molecule has 3 atom stereocenters. The van der Waals surface area contributed by atoms with E-state index in [2.05, 4.69) is 5.32 Å². The first-order chi connectivity index (χ1) is 13.3. The highest BCUT2D eigenvalue weighted by molar-refractivity contribution is 5.77. The Hall–Kier alpha value is -2.64. The topological polar surface area (TPSA) is 97.3 Å². The minimum absolute atomic E-state index is 0.151. The summed E-state index contributed by atoms with van der Waals surface area (Å²) in [5.74, 6) is 0.634. The Morgan fingerprint density at radius 1 is 1.18 bits per heavy atom. The van der Waals surface area contributed by atoms with Crippen LogP contribution in [0.3, 0.4) is 0 Å². The van der Waals surface area contributed by atoms with Crippen LogP contribution in [0.25, 0.3) is 0 Å². The maximum Gasteiger partial charge on any atom is 0.317 e. The fourth-order valence-corrected chi connectivity index (χ4v) is 3.63. The predicted octanol–water partition coefficient (Wildman–Crippen LogP) is 2.40. The summed E-state index contributed by atoms with van der Waals surface area (Å²) in [4.78, 5) is 25.6. The van der Waals surface area contributed by atoms with Crippen molar-refractivity contribution in [3.8, 4) is 17.2 Å². The molecule has 1 aromatic rings. The molecule has 1 fully saturated rings. The molecule has 0 aliphatic carbocycles. The van der Waals surface area contributed by atoms with Crippen LogP contribution in [-0.2, 0) is 11.2 Å². The predicted molar refractivity (Wildman–Crippen MR) is 104 cm³/mol. The Bertz CT molecular complexity index is 683. The van der Waals surface area contributed by atoms with E-state index in [4.69, 9.17) is 14.2 Å². The number of rotatable bonds is 7. The van der Waals surface area contributed by atoms with E-state index < -0.39 is 11.9 Å². The number of nitrogens with zero attached hydrogens (tertiary/aromatic N) is 1. The van der Waals surface area contributed by atoms with Gasteiger partial charge in [-0.15, -0.1) is 0 Å². The van der Waals surface area contributed by atoms with E-state index >= 15 is 0 Å². The number of methoxy groups -OCH3 is 3. The van der Waals surface area contributed by atoms with Gasteiger partial charge in [-0.25, -0.2) is 4.79 Å². The molecule has 1 aliphatic rings. The van der Waals surface area contributed by atoms with Gasteiger partial charge in [-0.3, -0.25) is 4.79 Å². The van der Waals surface area contributed by atoms with Gasteiger partial charge in [-0.1, -0.05) is 6.92 Å². The van der Waals surface area contributed by atoms with Gasteiger partial charge >= 0.3 is 12.0 Å². The molecule has 8 heteroatoms. The Morgan fingerprint density at radius 3 is 2.29 bits per heavy atom. The number of carbonyl (C=O) groups excluding carboxylic acids is 1. The van der Waals surface area contributed by atoms with Crippen molar-refractivity contribution >= 4 is 12.0 Å². The monoisotopic (exact) mass is 394 g/mol. The van der Waals surface area contributed by atoms with Crippen molar-refractivity contribution in [2.24, 2.45) is 11.8 Å². The van der Waals surface area contributed by atoms with E-state index in [0.29, 0.717) is 36.6 Å². The number of urea groups is 1. The van der Waals surface area contributed by atoms with Crippen LogP contribution in [0.15, 0.2) is 12.1 Å². The number of aliphatic carboxylic acids is 1. The quantitative estimate of drug-likeness (QED) is 0.737. The number of hydrogen-bond donors (Lipinski definition) is 2. The van der Waals surface area contributed by atoms with Crippen molar-refractivity contribution in [2.75, 3.05) is 34.4 Å². The van der Waals surface area contributed by atoms with Gasteiger partial charge in [-0.05, 0) is 25.7 Å². The van der Waals surface area contributed by atoms with E-state index in [9.17, 15) is 14.7 Å². The summed E-state index contributed by atoms with van der Waals surface area (Å²) in [5.41, 5.74) is 0.828. The van der Waals surface area contributed by atoms with Crippen molar-refractivity contribution in [3.05, 3.63) is 17.7 Å². The number of carboxylic acids is 1. The highest BCUT2D eigenvalue weighted by Crippen LogP contribution is 2.35. The minimum atomic E-state index is -0.856. The smallest absolute Gasteiger partial charge is 0.317 e. The molecule has 0 aromatic heterocycles. The molecule has 8 nitrogen and oxygen atoms in total. The summed E-state index contributed by atoms with van der Waals surface area (Å²) < 4.78 is 16.2. The average Bonchev–Trinajstić information content (AvgIpc) is 2.67. The van der Waals surface area contributed by atoms with Crippen molar-refractivity contribution in [2.45, 2.75) is 32.7 Å². The van der Waals surface area contributed by atoms with Crippen LogP contribution in [0.1, 0.15) is 25.8 Å². The van der Waals surface area contributed by atoms with Gasteiger partial charge in [0.15, 0.2) is 0 Å². The second-order valence-corrected chi connectivity index (χ2v) is 7.35. The lowest BCUT2D eigenvalue weighted by Gasteiger charge is -2.35. The Kier molecular flexibility index (Phi) is 7.37. The van der Waals surface area contributed by atoms with Gasteiger partial charge in [0, 0.05) is 36.8 Å². The van der Waals surface area contributed by atoms with Gasteiger partial charge in [0.1, 0.15) is 17.2 Å². The third-order valence-corrected chi connectivity index (χ3v) is 4.99. The highest BCUT2D eigenvalue weighted by atomic mass is 16.5.